The van der Waals surface area contributed by atoms with Crippen molar-refractivity contribution in [3.05, 3.63) is 35.4 Å². The molecule has 21 heavy (non-hydrogen) atoms. The number of nitriles is 1. The van der Waals surface area contributed by atoms with Crippen molar-refractivity contribution in [1.29, 1.82) is 10.7 Å². The van der Waals surface area contributed by atoms with Crippen LogP contribution in [0.4, 0.5) is 0 Å². The van der Waals surface area contributed by atoms with Crippen molar-refractivity contribution in [2.75, 3.05) is 14.2 Å². The molecule has 0 amide bonds. The van der Waals surface area contributed by atoms with Crippen molar-refractivity contribution >= 4 is 17.3 Å². The number of nitrogens with one attached hydrogen (secondary N) is 1. The summed E-state index contributed by atoms with van der Waals surface area (Å²) >= 11 is 0. The molecule has 0 atom stereocenters. The maximum atomic E-state index is 8.61. The Morgan fingerprint density at radius 3 is 2.62 bits per heavy atom. The van der Waals surface area contributed by atoms with Crippen molar-refractivity contribution in [3.63, 3.8) is 0 Å². The summed E-state index contributed by atoms with van der Waals surface area (Å²) in [4.78, 5) is 9.87. The Balaban J connectivity index is 3.05. The molecule has 0 saturated carbocycles. The van der Waals surface area contributed by atoms with Crippen LogP contribution in [-0.2, 0) is 21.0 Å². The van der Waals surface area contributed by atoms with Crippen molar-refractivity contribution in [3.8, 4) is 6.07 Å². The summed E-state index contributed by atoms with van der Waals surface area (Å²) in [5.41, 5.74) is 1.85. The number of methoxy groups -OCH3 is 1. The fourth-order valence-corrected chi connectivity index (χ4v) is 1.50. The predicted octanol–water partition coefficient (Wildman–Crippen LogP) is 2.08. The molecule has 7 nitrogen and oxygen atoms in total. The van der Waals surface area contributed by atoms with Gasteiger partial charge in [-0.05, 0) is 6.92 Å². The highest BCUT2D eigenvalue weighted by atomic mass is 16.6. The van der Waals surface area contributed by atoms with Gasteiger partial charge in [0.2, 0.25) is 5.90 Å². The highest BCUT2D eigenvalue weighted by Gasteiger charge is 2.16. The quantitative estimate of drug-likeness (QED) is 0.492. The highest BCUT2D eigenvalue weighted by molar-refractivity contribution is 6.44. The maximum absolute atomic E-state index is 8.61. The molecular weight excluding hydrogens is 272 g/mol. The molecule has 0 fully saturated rings. The molecule has 1 N–H and O–H groups in total. The Bertz CT molecular complexity index is 602. The Hall–Kier alpha value is -2.88. The van der Waals surface area contributed by atoms with Crippen LogP contribution in [0.25, 0.3) is 0 Å². The van der Waals surface area contributed by atoms with Crippen LogP contribution in [0.1, 0.15) is 18.1 Å². The summed E-state index contributed by atoms with van der Waals surface area (Å²) in [6.07, 6.45) is 0. The Kier molecular flexibility index (Phi) is 6.41. The van der Waals surface area contributed by atoms with Crippen molar-refractivity contribution < 1.29 is 14.4 Å². The molecule has 0 heterocycles. The molecule has 7 heteroatoms. The number of benzene rings is 1. The van der Waals surface area contributed by atoms with Gasteiger partial charge in [0.1, 0.15) is 19.8 Å². The molecule has 1 aromatic carbocycles. The zero-order chi connectivity index (χ0) is 15.7. The second kappa shape index (κ2) is 8.32. The van der Waals surface area contributed by atoms with Crippen LogP contribution >= 0.6 is 0 Å². The largest absolute Gasteiger partial charge is 0.480 e. The third-order valence-electron chi connectivity index (χ3n) is 2.46. The van der Waals surface area contributed by atoms with Crippen LogP contribution in [0.3, 0.4) is 0 Å². The minimum Gasteiger partial charge on any atom is -0.480 e. The van der Waals surface area contributed by atoms with Gasteiger partial charge in [-0.3, -0.25) is 5.41 Å². The average Bonchev–Trinajstić information content (AvgIpc) is 2.52. The second-order valence-electron chi connectivity index (χ2n) is 3.87. The second-order valence-corrected chi connectivity index (χ2v) is 3.87. The average molecular weight is 288 g/mol. The van der Waals surface area contributed by atoms with Gasteiger partial charge in [0, 0.05) is 11.1 Å². The molecule has 0 radical (unpaired) electrons. The fraction of sp³-hybridized carbons (Fsp3) is 0.286. The van der Waals surface area contributed by atoms with E-state index in [4.69, 9.17) is 25.1 Å². The van der Waals surface area contributed by atoms with Gasteiger partial charge in [-0.2, -0.15) is 5.26 Å². The molecule has 0 spiro atoms. The summed E-state index contributed by atoms with van der Waals surface area (Å²) in [7, 11) is 2.77. The number of hydrogen-bond donors (Lipinski definition) is 1. The van der Waals surface area contributed by atoms with E-state index in [9.17, 15) is 0 Å². The van der Waals surface area contributed by atoms with Gasteiger partial charge in [-0.15, -0.1) is 0 Å². The van der Waals surface area contributed by atoms with Gasteiger partial charge in [0.25, 0.3) is 0 Å². The van der Waals surface area contributed by atoms with Crippen LogP contribution < -0.4 is 0 Å². The smallest absolute Gasteiger partial charge is 0.236 e. The lowest BCUT2D eigenvalue weighted by molar-refractivity contribution is 0.130. The van der Waals surface area contributed by atoms with Gasteiger partial charge >= 0.3 is 0 Å². The number of nitrogens with zero attached hydrogens (tertiary/aromatic N) is 3. The standard InChI is InChI=1S/C14H16N4O3/c1-10(8-15)17-21-9-11-6-4-5-7-12(11)13(18-20-3)14(16)19-2/h4-7,16H,9H2,1-3H3/b16-14?,17-10-,18-13+. The number of oxime groups is 2. The molecule has 0 aliphatic heterocycles. The van der Waals surface area contributed by atoms with Gasteiger partial charge < -0.3 is 14.4 Å². The van der Waals surface area contributed by atoms with E-state index in [0.29, 0.717) is 5.56 Å². The first-order valence-electron chi connectivity index (χ1n) is 6.03. The lowest BCUT2D eigenvalue weighted by Crippen LogP contribution is -2.18. The van der Waals surface area contributed by atoms with Crippen molar-refractivity contribution in [2.45, 2.75) is 13.5 Å². The van der Waals surface area contributed by atoms with E-state index >= 15 is 0 Å². The maximum Gasteiger partial charge on any atom is 0.236 e. The first kappa shape index (κ1) is 16.2. The number of rotatable bonds is 6. The van der Waals surface area contributed by atoms with Crippen LogP contribution in [0.15, 0.2) is 34.6 Å². The highest BCUT2D eigenvalue weighted by Crippen LogP contribution is 2.13. The van der Waals surface area contributed by atoms with E-state index in [2.05, 4.69) is 10.3 Å². The summed E-state index contributed by atoms with van der Waals surface area (Å²) in [5.74, 6) is -0.124. The minimum absolute atomic E-state index is 0.124. The van der Waals surface area contributed by atoms with Crippen LogP contribution in [-0.4, -0.2) is 31.5 Å². The first-order valence-corrected chi connectivity index (χ1v) is 6.03. The van der Waals surface area contributed by atoms with Gasteiger partial charge in [-0.1, -0.05) is 34.6 Å². The Morgan fingerprint density at radius 2 is 2.00 bits per heavy atom. The monoisotopic (exact) mass is 288 g/mol. The molecule has 110 valence electrons. The summed E-state index contributed by atoms with van der Waals surface area (Å²) in [6.45, 7) is 1.68. The molecule has 0 aliphatic rings. The van der Waals surface area contributed by atoms with E-state index in [-0.39, 0.29) is 23.9 Å². The Labute approximate surface area is 122 Å². The summed E-state index contributed by atoms with van der Waals surface area (Å²) < 4.78 is 4.90. The van der Waals surface area contributed by atoms with E-state index in [1.165, 1.54) is 14.2 Å². The zero-order valence-electron chi connectivity index (χ0n) is 12.1. The summed E-state index contributed by atoms with van der Waals surface area (Å²) in [5, 5.41) is 23.8. The van der Waals surface area contributed by atoms with E-state index < -0.39 is 0 Å². The predicted molar refractivity (Wildman–Crippen MR) is 78.2 cm³/mol. The van der Waals surface area contributed by atoms with E-state index in [1.54, 1.807) is 25.1 Å². The number of ether oxygens (including phenoxy) is 1. The third kappa shape index (κ3) is 4.62. The molecular formula is C14H16N4O3. The van der Waals surface area contributed by atoms with Gasteiger partial charge in [-0.25, -0.2) is 0 Å². The molecule has 0 saturated heterocycles. The summed E-state index contributed by atoms with van der Waals surface area (Å²) in [6, 6.07) is 9.06. The number of hydrogen-bond acceptors (Lipinski definition) is 7. The van der Waals surface area contributed by atoms with Crippen molar-refractivity contribution in [1.82, 2.24) is 0 Å². The van der Waals surface area contributed by atoms with Crippen molar-refractivity contribution in [2.24, 2.45) is 10.3 Å². The molecule has 0 bridgehead atoms. The van der Waals surface area contributed by atoms with Gasteiger partial charge in [0.15, 0.2) is 11.4 Å². The molecule has 0 unspecified atom stereocenters. The third-order valence-corrected chi connectivity index (χ3v) is 2.46. The first-order chi connectivity index (χ1) is 10.1. The van der Waals surface area contributed by atoms with Gasteiger partial charge in [0.05, 0.1) is 7.11 Å². The molecule has 0 aliphatic carbocycles. The van der Waals surface area contributed by atoms with Crippen LogP contribution in [0, 0.1) is 16.7 Å². The Morgan fingerprint density at radius 1 is 1.29 bits per heavy atom. The molecule has 1 rings (SSSR count). The van der Waals surface area contributed by atoms with E-state index in [1.807, 2.05) is 12.1 Å². The SMILES string of the molecule is CO/N=C(/C(=N)OC)c1ccccc1CO/N=C(/C)C#N. The van der Waals surface area contributed by atoms with E-state index in [0.717, 1.165) is 5.56 Å². The topological polar surface area (TPSA) is 100 Å². The van der Waals surface area contributed by atoms with Crippen LogP contribution in [0.2, 0.25) is 0 Å². The fourth-order valence-electron chi connectivity index (χ4n) is 1.50. The molecule has 1 aromatic rings. The zero-order valence-corrected chi connectivity index (χ0v) is 12.1. The molecule has 0 aromatic heterocycles. The minimum atomic E-state index is -0.124. The lowest BCUT2D eigenvalue weighted by Gasteiger charge is -2.10. The lowest BCUT2D eigenvalue weighted by atomic mass is 10.0. The normalized spacial score (nSPS) is 11.5. The van der Waals surface area contributed by atoms with Crippen LogP contribution in [0.5, 0.6) is 0 Å².